The molecule has 6 heteroatoms. The minimum absolute atomic E-state index is 0.0731. The smallest absolute Gasteiger partial charge is 0.229 e. The van der Waals surface area contributed by atoms with Crippen LogP contribution in [-0.4, -0.2) is 15.8 Å². The average Bonchev–Trinajstić information content (AvgIpc) is 2.64. The number of ketones is 1. The van der Waals surface area contributed by atoms with Gasteiger partial charge in [-0.15, -0.1) is 0 Å². The van der Waals surface area contributed by atoms with Gasteiger partial charge in [-0.1, -0.05) is 43.1 Å². The minimum Gasteiger partial charge on any atom is -0.339 e. The highest BCUT2D eigenvalue weighted by Gasteiger charge is 2.35. The number of hydrogen-bond acceptors (Lipinski definition) is 5. The Labute approximate surface area is 175 Å². The van der Waals surface area contributed by atoms with Crippen molar-refractivity contribution >= 4 is 40.5 Å². The maximum absolute atomic E-state index is 12.9. The molecule has 2 N–H and O–H groups in total. The molecule has 1 aromatic heterocycles. The molecule has 1 aliphatic rings. The first-order valence-corrected chi connectivity index (χ1v) is 9.97. The number of aromatic nitrogens is 2. The third-order valence-corrected chi connectivity index (χ3v) is 5.21. The van der Waals surface area contributed by atoms with Crippen LogP contribution in [0.15, 0.2) is 48.5 Å². The van der Waals surface area contributed by atoms with Crippen LogP contribution in [0.1, 0.15) is 41.9 Å². The van der Waals surface area contributed by atoms with Crippen molar-refractivity contribution in [1.29, 1.82) is 0 Å². The SMILES string of the molecule is Cc1ccc(Nc2nc(Nc3ccc(Cl)cc3)nc3c2C(=O)CC(C)(C)C3)cc1. The summed E-state index contributed by atoms with van der Waals surface area (Å²) >= 11 is 5.98. The molecular weight excluding hydrogens is 384 g/mol. The number of fused-ring (bicyclic) bond motifs is 1. The number of benzene rings is 2. The first kappa shape index (κ1) is 19.4. The van der Waals surface area contributed by atoms with Crippen LogP contribution in [0.25, 0.3) is 0 Å². The Morgan fingerprint density at radius 1 is 0.897 bits per heavy atom. The molecule has 2 aromatic carbocycles. The van der Waals surface area contributed by atoms with Crippen LogP contribution >= 0.6 is 11.6 Å². The molecule has 0 amide bonds. The highest BCUT2D eigenvalue weighted by Crippen LogP contribution is 2.37. The molecule has 0 spiro atoms. The van der Waals surface area contributed by atoms with E-state index in [0.29, 0.717) is 35.2 Å². The molecule has 0 fully saturated rings. The summed E-state index contributed by atoms with van der Waals surface area (Å²) in [7, 11) is 0. The van der Waals surface area contributed by atoms with Gasteiger partial charge in [-0.05, 0) is 55.2 Å². The van der Waals surface area contributed by atoms with Gasteiger partial charge in [-0.2, -0.15) is 4.98 Å². The van der Waals surface area contributed by atoms with Gasteiger partial charge < -0.3 is 10.6 Å². The summed E-state index contributed by atoms with van der Waals surface area (Å²) in [6, 6.07) is 15.4. The van der Waals surface area contributed by atoms with Gasteiger partial charge in [0.25, 0.3) is 0 Å². The number of hydrogen-bond donors (Lipinski definition) is 2. The second-order valence-electron chi connectivity index (χ2n) is 8.28. The fourth-order valence-corrected chi connectivity index (χ4v) is 3.68. The number of nitrogens with zero attached hydrogens (tertiary/aromatic N) is 2. The summed E-state index contributed by atoms with van der Waals surface area (Å²) in [4.78, 5) is 22.2. The van der Waals surface area contributed by atoms with Gasteiger partial charge in [0.2, 0.25) is 5.95 Å². The third-order valence-electron chi connectivity index (χ3n) is 4.96. The van der Waals surface area contributed by atoms with Gasteiger partial charge >= 0.3 is 0 Å². The van der Waals surface area contributed by atoms with E-state index in [2.05, 4.69) is 34.4 Å². The summed E-state index contributed by atoms with van der Waals surface area (Å²) in [5.74, 6) is 1.06. The fraction of sp³-hybridized carbons (Fsp3) is 0.261. The molecule has 0 saturated carbocycles. The quantitative estimate of drug-likeness (QED) is 0.549. The zero-order chi connectivity index (χ0) is 20.6. The number of carbonyl (C=O) groups is 1. The van der Waals surface area contributed by atoms with Crippen molar-refractivity contribution in [3.05, 3.63) is 70.4 Å². The summed E-state index contributed by atoms with van der Waals surface area (Å²) < 4.78 is 0. The predicted octanol–water partition coefficient (Wildman–Crippen LogP) is 6.08. The fourth-order valence-electron chi connectivity index (χ4n) is 3.55. The van der Waals surface area contributed by atoms with Crippen LogP contribution in [0.2, 0.25) is 5.02 Å². The Morgan fingerprint density at radius 2 is 1.52 bits per heavy atom. The van der Waals surface area contributed by atoms with Gasteiger partial charge in [0, 0.05) is 22.8 Å². The number of anilines is 4. The molecule has 0 atom stereocenters. The third kappa shape index (κ3) is 4.40. The number of carbonyl (C=O) groups excluding carboxylic acids is 1. The Kier molecular flexibility index (Phi) is 5.01. The molecule has 1 aliphatic carbocycles. The van der Waals surface area contributed by atoms with E-state index in [9.17, 15) is 4.79 Å². The number of rotatable bonds is 4. The normalized spacial score (nSPS) is 15.0. The van der Waals surface area contributed by atoms with E-state index in [1.54, 1.807) is 12.1 Å². The van der Waals surface area contributed by atoms with Gasteiger partial charge in [0.05, 0.1) is 11.3 Å². The van der Waals surface area contributed by atoms with Crippen molar-refractivity contribution in [2.45, 2.75) is 33.6 Å². The van der Waals surface area contributed by atoms with Gasteiger partial charge in [0.1, 0.15) is 5.82 Å². The second kappa shape index (κ2) is 7.48. The monoisotopic (exact) mass is 406 g/mol. The zero-order valence-corrected chi connectivity index (χ0v) is 17.5. The Hall–Kier alpha value is -2.92. The first-order chi connectivity index (χ1) is 13.8. The molecule has 1 heterocycles. The number of aryl methyl sites for hydroxylation is 1. The summed E-state index contributed by atoms with van der Waals surface area (Å²) in [6.45, 7) is 6.22. The highest BCUT2D eigenvalue weighted by molar-refractivity contribution is 6.30. The lowest BCUT2D eigenvalue weighted by Crippen LogP contribution is -2.29. The van der Waals surface area contributed by atoms with Gasteiger partial charge in [-0.25, -0.2) is 4.98 Å². The number of Topliss-reactive ketones (excluding diaryl/α,β-unsaturated/α-hetero) is 1. The van der Waals surface area contributed by atoms with Crippen molar-refractivity contribution in [3.8, 4) is 0 Å². The van der Waals surface area contributed by atoms with Gasteiger partial charge in [0.15, 0.2) is 5.78 Å². The standard InChI is InChI=1S/C23H23ClN4O/c1-14-4-8-16(9-5-14)25-21-20-18(12-23(2,3)13-19(20)29)27-22(28-21)26-17-10-6-15(24)7-11-17/h4-11H,12-13H2,1-3H3,(H2,25,26,27,28). The lowest BCUT2D eigenvalue weighted by atomic mass is 9.75. The second-order valence-corrected chi connectivity index (χ2v) is 8.72. The maximum atomic E-state index is 12.9. The Balaban J connectivity index is 1.75. The predicted molar refractivity (Wildman–Crippen MR) is 118 cm³/mol. The van der Waals surface area contributed by atoms with Crippen LogP contribution < -0.4 is 10.6 Å². The van der Waals surface area contributed by atoms with Crippen molar-refractivity contribution in [1.82, 2.24) is 9.97 Å². The molecular formula is C23H23ClN4O. The largest absolute Gasteiger partial charge is 0.339 e. The van der Waals surface area contributed by atoms with E-state index >= 15 is 0 Å². The molecule has 0 unspecified atom stereocenters. The summed E-state index contributed by atoms with van der Waals surface area (Å²) in [6.07, 6.45) is 1.20. The van der Waals surface area contributed by atoms with E-state index in [0.717, 1.165) is 17.1 Å². The van der Waals surface area contributed by atoms with Crippen LogP contribution in [0.4, 0.5) is 23.1 Å². The Morgan fingerprint density at radius 3 is 2.21 bits per heavy atom. The van der Waals surface area contributed by atoms with Crippen LogP contribution in [-0.2, 0) is 6.42 Å². The number of halogens is 1. The molecule has 148 valence electrons. The molecule has 0 saturated heterocycles. The topological polar surface area (TPSA) is 66.9 Å². The van der Waals surface area contributed by atoms with Gasteiger partial charge in [-0.3, -0.25) is 4.79 Å². The first-order valence-electron chi connectivity index (χ1n) is 9.59. The number of nitrogens with one attached hydrogen (secondary N) is 2. The van der Waals surface area contributed by atoms with Crippen molar-refractivity contribution in [3.63, 3.8) is 0 Å². The van der Waals surface area contributed by atoms with E-state index < -0.39 is 0 Å². The molecule has 0 bridgehead atoms. The molecule has 0 aliphatic heterocycles. The molecule has 3 aromatic rings. The van der Waals surface area contributed by atoms with Crippen molar-refractivity contribution < 1.29 is 4.79 Å². The minimum atomic E-state index is -0.128. The highest BCUT2D eigenvalue weighted by atomic mass is 35.5. The molecule has 0 radical (unpaired) electrons. The molecule has 4 rings (SSSR count). The van der Waals surface area contributed by atoms with Crippen LogP contribution in [0.3, 0.4) is 0 Å². The van der Waals surface area contributed by atoms with Crippen LogP contribution in [0, 0.1) is 12.3 Å². The van der Waals surface area contributed by atoms with Crippen LogP contribution in [0.5, 0.6) is 0 Å². The van der Waals surface area contributed by atoms with Crippen molar-refractivity contribution in [2.24, 2.45) is 5.41 Å². The Bertz CT molecular complexity index is 1060. The summed E-state index contributed by atoms with van der Waals surface area (Å²) in [5.41, 5.74) is 4.11. The lowest BCUT2D eigenvalue weighted by Gasteiger charge is -2.30. The van der Waals surface area contributed by atoms with Crippen molar-refractivity contribution in [2.75, 3.05) is 10.6 Å². The maximum Gasteiger partial charge on any atom is 0.229 e. The van der Waals surface area contributed by atoms with E-state index in [1.807, 2.05) is 43.3 Å². The van der Waals surface area contributed by atoms with E-state index in [1.165, 1.54) is 5.56 Å². The van der Waals surface area contributed by atoms with E-state index in [4.69, 9.17) is 11.6 Å². The molecule has 5 nitrogen and oxygen atoms in total. The lowest BCUT2D eigenvalue weighted by molar-refractivity contribution is 0.0911. The molecule has 29 heavy (non-hydrogen) atoms. The average molecular weight is 407 g/mol. The zero-order valence-electron chi connectivity index (χ0n) is 16.7. The summed E-state index contributed by atoms with van der Waals surface area (Å²) in [5, 5.41) is 7.21. The van der Waals surface area contributed by atoms with E-state index in [-0.39, 0.29) is 11.2 Å².